The van der Waals surface area contributed by atoms with E-state index in [1.165, 1.54) is 12.8 Å². The van der Waals surface area contributed by atoms with Gasteiger partial charge < -0.3 is 9.47 Å². The van der Waals surface area contributed by atoms with Crippen LogP contribution in [0.5, 0.6) is 0 Å². The summed E-state index contributed by atoms with van der Waals surface area (Å²) in [5.41, 5.74) is 1.11. The number of allylic oxidation sites excluding steroid dienone is 1. The van der Waals surface area contributed by atoms with Gasteiger partial charge in [0.05, 0.1) is 6.61 Å². The Labute approximate surface area is 145 Å². The van der Waals surface area contributed by atoms with E-state index in [0.717, 1.165) is 37.1 Å². The molecule has 0 unspecified atom stereocenters. The Hall–Kier alpha value is -1.03. The van der Waals surface area contributed by atoms with Gasteiger partial charge in [-0.2, -0.15) is 0 Å². The van der Waals surface area contributed by atoms with Gasteiger partial charge in [0.25, 0.3) is 0 Å². The maximum absolute atomic E-state index is 11.5. The Balaban J connectivity index is 3.40. The minimum atomic E-state index is -0.271. The Morgan fingerprint density at radius 2 is 1.39 bits per heavy atom. The second-order valence-corrected chi connectivity index (χ2v) is 6.23. The molecule has 0 saturated carbocycles. The first-order chi connectivity index (χ1) is 11.1. The first-order valence-corrected chi connectivity index (χ1v) is 9.10. The van der Waals surface area contributed by atoms with Crippen molar-refractivity contribution >= 4 is 23.5 Å². The Morgan fingerprint density at radius 1 is 0.826 bits per heavy atom. The summed E-state index contributed by atoms with van der Waals surface area (Å²) in [7, 11) is 0. The third kappa shape index (κ3) is 17.2. The number of alkyl halides is 1. The van der Waals surface area contributed by atoms with E-state index in [0.29, 0.717) is 19.6 Å². The highest BCUT2D eigenvalue weighted by molar-refractivity contribution is 6.17. The zero-order valence-corrected chi connectivity index (χ0v) is 15.3. The fourth-order valence-electron chi connectivity index (χ4n) is 1.91. The number of carbonyl (C=O) groups is 2. The number of rotatable bonds is 14. The molecule has 0 spiro atoms. The van der Waals surface area contributed by atoms with Crippen LogP contribution in [0.25, 0.3) is 0 Å². The van der Waals surface area contributed by atoms with Crippen LogP contribution in [0.15, 0.2) is 11.6 Å². The molecule has 0 radical (unpaired) electrons. The first kappa shape index (κ1) is 22.0. The lowest BCUT2D eigenvalue weighted by Crippen LogP contribution is -2.09. The SMILES string of the molecule is CC(C)=CCOC(=O)CCCC(=O)OCCCCCCCCCl. The molecule has 23 heavy (non-hydrogen) atoms. The summed E-state index contributed by atoms with van der Waals surface area (Å²) in [6, 6.07) is 0. The predicted octanol–water partition coefficient (Wildman–Crippen LogP) is 4.79. The summed E-state index contributed by atoms with van der Waals surface area (Å²) in [6.07, 6.45) is 9.43. The summed E-state index contributed by atoms with van der Waals surface area (Å²) in [4.78, 5) is 22.9. The van der Waals surface area contributed by atoms with Crippen molar-refractivity contribution in [2.45, 2.75) is 71.6 Å². The van der Waals surface area contributed by atoms with Gasteiger partial charge >= 0.3 is 11.9 Å². The molecule has 134 valence electrons. The molecular weight excluding hydrogens is 316 g/mol. The van der Waals surface area contributed by atoms with Gasteiger partial charge in [0.1, 0.15) is 6.61 Å². The van der Waals surface area contributed by atoms with Crippen molar-refractivity contribution in [3.05, 3.63) is 11.6 Å². The van der Waals surface area contributed by atoms with Crippen LogP contribution in [-0.4, -0.2) is 31.0 Å². The number of esters is 2. The number of halogens is 1. The highest BCUT2D eigenvalue weighted by Gasteiger charge is 2.06. The molecular formula is C18H31ClO4. The van der Waals surface area contributed by atoms with E-state index >= 15 is 0 Å². The number of hydrogen-bond acceptors (Lipinski definition) is 4. The lowest BCUT2D eigenvalue weighted by molar-refractivity contribution is -0.145. The summed E-state index contributed by atoms with van der Waals surface area (Å²) in [5, 5.41) is 0. The second-order valence-electron chi connectivity index (χ2n) is 5.85. The minimum Gasteiger partial charge on any atom is -0.466 e. The third-order valence-corrected chi connectivity index (χ3v) is 3.56. The van der Waals surface area contributed by atoms with Crippen LogP contribution in [0.2, 0.25) is 0 Å². The van der Waals surface area contributed by atoms with Gasteiger partial charge in [0, 0.05) is 18.7 Å². The van der Waals surface area contributed by atoms with Crippen molar-refractivity contribution in [2.24, 2.45) is 0 Å². The molecule has 0 saturated heterocycles. The lowest BCUT2D eigenvalue weighted by atomic mass is 10.1. The number of hydrogen-bond donors (Lipinski definition) is 0. The molecule has 0 amide bonds. The molecule has 0 aliphatic rings. The van der Waals surface area contributed by atoms with Crippen molar-refractivity contribution in [2.75, 3.05) is 19.1 Å². The average Bonchev–Trinajstić information content (AvgIpc) is 2.49. The molecule has 0 aliphatic carbocycles. The van der Waals surface area contributed by atoms with Crippen molar-refractivity contribution < 1.29 is 19.1 Å². The first-order valence-electron chi connectivity index (χ1n) is 8.57. The second kappa shape index (κ2) is 15.9. The summed E-state index contributed by atoms with van der Waals surface area (Å²) < 4.78 is 10.2. The smallest absolute Gasteiger partial charge is 0.306 e. The van der Waals surface area contributed by atoms with Crippen LogP contribution in [0.3, 0.4) is 0 Å². The average molecular weight is 347 g/mol. The summed E-state index contributed by atoms with van der Waals surface area (Å²) in [5.74, 6) is 0.233. The number of unbranched alkanes of at least 4 members (excludes halogenated alkanes) is 5. The van der Waals surface area contributed by atoms with E-state index in [-0.39, 0.29) is 24.8 Å². The van der Waals surface area contributed by atoms with Crippen LogP contribution in [0, 0.1) is 0 Å². The van der Waals surface area contributed by atoms with Crippen LogP contribution < -0.4 is 0 Å². The number of carbonyl (C=O) groups excluding carboxylic acids is 2. The van der Waals surface area contributed by atoms with Gasteiger partial charge in [0.2, 0.25) is 0 Å². The third-order valence-electron chi connectivity index (χ3n) is 3.29. The van der Waals surface area contributed by atoms with E-state index in [4.69, 9.17) is 21.1 Å². The molecule has 0 bridgehead atoms. The molecule has 0 heterocycles. The molecule has 0 atom stereocenters. The van der Waals surface area contributed by atoms with Gasteiger partial charge in [-0.1, -0.05) is 31.3 Å². The zero-order valence-electron chi connectivity index (χ0n) is 14.6. The molecule has 0 fully saturated rings. The monoisotopic (exact) mass is 346 g/mol. The minimum absolute atomic E-state index is 0.232. The van der Waals surface area contributed by atoms with Crippen molar-refractivity contribution in [1.82, 2.24) is 0 Å². The highest BCUT2D eigenvalue weighted by atomic mass is 35.5. The quantitative estimate of drug-likeness (QED) is 0.196. The molecule has 0 aromatic rings. The highest BCUT2D eigenvalue weighted by Crippen LogP contribution is 2.07. The van der Waals surface area contributed by atoms with Gasteiger partial charge in [0.15, 0.2) is 0 Å². The standard InChI is InChI=1S/C18H31ClO4/c1-16(2)12-15-23-18(21)11-9-10-17(20)22-14-8-6-4-3-5-7-13-19/h12H,3-11,13-15H2,1-2H3. The fraction of sp³-hybridized carbons (Fsp3) is 0.778. The van der Waals surface area contributed by atoms with E-state index in [2.05, 4.69) is 0 Å². The normalized spacial score (nSPS) is 10.2. The van der Waals surface area contributed by atoms with Crippen LogP contribution in [0.4, 0.5) is 0 Å². The molecule has 0 rings (SSSR count). The van der Waals surface area contributed by atoms with Crippen molar-refractivity contribution in [3.8, 4) is 0 Å². The predicted molar refractivity (Wildman–Crippen MR) is 93.6 cm³/mol. The maximum Gasteiger partial charge on any atom is 0.306 e. The number of ether oxygens (including phenoxy) is 2. The van der Waals surface area contributed by atoms with E-state index in [1.807, 2.05) is 19.9 Å². The fourth-order valence-corrected chi connectivity index (χ4v) is 2.10. The van der Waals surface area contributed by atoms with E-state index in [9.17, 15) is 9.59 Å². The van der Waals surface area contributed by atoms with Gasteiger partial charge in [-0.25, -0.2) is 0 Å². The topological polar surface area (TPSA) is 52.6 Å². The Kier molecular flexibility index (Phi) is 15.1. The Bertz CT molecular complexity index is 349. The largest absolute Gasteiger partial charge is 0.466 e. The molecule has 5 heteroatoms. The molecule has 4 nitrogen and oxygen atoms in total. The summed E-state index contributed by atoms with van der Waals surface area (Å²) >= 11 is 5.61. The van der Waals surface area contributed by atoms with Gasteiger partial charge in [-0.05, 0) is 39.2 Å². The van der Waals surface area contributed by atoms with Gasteiger partial charge in [-0.3, -0.25) is 9.59 Å². The lowest BCUT2D eigenvalue weighted by Gasteiger charge is -2.05. The van der Waals surface area contributed by atoms with Crippen LogP contribution in [-0.2, 0) is 19.1 Å². The maximum atomic E-state index is 11.5. The molecule has 0 aromatic carbocycles. The molecule has 0 aliphatic heterocycles. The molecule has 0 aromatic heterocycles. The van der Waals surface area contributed by atoms with Crippen molar-refractivity contribution in [3.63, 3.8) is 0 Å². The van der Waals surface area contributed by atoms with E-state index in [1.54, 1.807) is 0 Å². The van der Waals surface area contributed by atoms with Crippen LogP contribution >= 0.6 is 11.6 Å². The van der Waals surface area contributed by atoms with Crippen LogP contribution in [0.1, 0.15) is 71.6 Å². The molecule has 0 N–H and O–H groups in total. The summed E-state index contributed by atoms with van der Waals surface area (Å²) in [6.45, 7) is 4.67. The zero-order chi connectivity index (χ0) is 17.3. The van der Waals surface area contributed by atoms with E-state index < -0.39 is 0 Å². The van der Waals surface area contributed by atoms with Crippen molar-refractivity contribution in [1.29, 1.82) is 0 Å². The van der Waals surface area contributed by atoms with Gasteiger partial charge in [-0.15, -0.1) is 11.6 Å². The Morgan fingerprint density at radius 3 is 2.00 bits per heavy atom.